The number of nitrogens with one attached hydrogen (secondary N) is 1. The van der Waals surface area contributed by atoms with Crippen molar-refractivity contribution in [1.29, 1.82) is 0 Å². The summed E-state index contributed by atoms with van der Waals surface area (Å²) in [7, 11) is 1.87. The normalized spacial score (nSPS) is 10.4. The van der Waals surface area contributed by atoms with Crippen molar-refractivity contribution >= 4 is 12.2 Å². The van der Waals surface area contributed by atoms with E-state index in [0.717, 1.165) is 0 Å². The maximum atomic E-state index is 11.0. The topological polar surface area (TPSA) is 49.4 Å². The number of hydrogen-bond donors (Lipinski definition) is 1. The number of nitrogens with zero attached hydrogens (tertiary/aromatic N) is 1. The molecule has 0 bridgehead atoms. The van der Waals surface area contributed by atoms with E-state index in [4.69, 9.17) is 0 Å². The lowest BCUT2D eigenvalue weighted by atomic mass is 10.3. The highest BCUT2D eigenvalue weighted by Crippen LogP contribution is 1.91. The van der Waals surface area contributed by atoms with E-state index >= 15 is 0 Å². The van der Waals surface area contributed by atoms with Crippen LogP contribution in [0.15, 0.2) is 0 Å². The molecule has 0 saturated carbocycles. The van der Waals surface area contributed by atoms with Gasteiger partial charge in [0.1, 0.15) is 6.29 Å². The van der Waals surface area contributed by atoms with E-state index in [9.17, 15) is 9.59 Å². The van der Waals surface area contributed by atoms with Crippen LogP contribution in [0.2, 0.25) is 0 Å². The molecule has 0 aromatic heterocycles. The molecule has 0 atom stereocenters. The summed E-state index contributed by atoms with van der Waals surface area (Å²) in [6.45, 7) is 4.45. The Morgan fingerprint density at radius 1 is 1.58 bits per heavy atom. The molecule has 4 heteroatoms. The highest BCUT2D eigenvalue weighted by atomic mass is 16.2. The van der Waals surface area contributed by atoms with E-state index in [2.05, 4.69) is 5.32 Å². The molecule has 0 aliphatic rings. The van der Waals surface area contributed by atoms with Crippen LogP contribution in [0.5, 0.6) is 0 Å². The van der Waals surface area contributed by atoms with Gasteiger partial charge in [0.25, 0.3) is 0 Å². The minimum Gasteiger partial charge on any atom is -0.348 e. The molecule has 1 N–H and O–H groups in total. The molecule has 0 saturated heterocycles. The average Bonchev–Trinajstić information content (AvgIpc) is 2.00. The second-order valence-electron chi connectivity index (χ2n) is 2.98. The van der Waals surface area contributed by atoms with Gasteiger partial charge in [-0.3, -0.25) is 9.69 Å². The zero-order valence-electron chi connectivity index (χ0n) is 7.83. The highest BCUT2D eigenvalue weighted by molar-refractivity contribution is 5.80. The molecule has 0 aliphatic heterocycles. The smallest absolute Gasteiger partial charge is 0.234 e. The fourth-order valence-corrected chi connectivity index (χ4v) is 0.620. The molecule has 4 nitrogen and oxygen atoms in total. The van der Waals surface area contributed by atoms with Crippen molar-refractivity contribution in [3.63, 3.8) is 0 Å². The van der Waals surface area contributed by atoms with E-state index < -0.39 is 0 Å². The van der Waals surface area contributed by atoms with Crippen LogP contribution in [0.3, 0.4) is 0 Å². The summed E-state index contributed by atoms with van der Waals surface area (Å²) < 4.78 is 0. The Hall–Kier alpha value is -0.900. The second kappa shape index (κ2) is 5.71. The quantitative estimate of drug-likeness (QED) is 0.576. The third-order valence-electron chi connectivity index (χ3n) is 1.66. The van der Waals surface area contributed by atoms with Crippen LogP contribution < -0.4 is 5.32 Å². The molecule has 0 radical (unpaired) electrons. The number of likely N-dealkylation sites (N-methyl/N-ethyl adjacent to an activating group) is 1. The highest BCUT2D eigenvalue weighted by Gasteiger charge is 2.07. The molecule has 12 heavy (non-hydrogen) atoms. The van der Waals surface area contributed by atoms with E-state index in [1.165, 1.54) is 0 Å². The molecule has 0 fully saturated rings. The van der Waals surface area contributed by atoms with E-state index in [0.29, 0.717) is 18.9 Å². The summed E-state index contributed by atoms with van der Waals surface area (Å²) >= 11 is 0. The van der Waals surface area contributed by atoms with Crippen LogP contribution in [0.25, 0.3) is 0 Å². The van der Waals surface area contributed by atoms with Crippen molar-refractivity contribution in [2.45, 2.75) is 19.9 Å². The van der Waals surface area contributed by atoms with Gasteiger partial charge in [-0.25, -0.2) is 0 Å². The maximum Gasteiger partial charge on any atom is 0.234 e. The first-order valence-corrected chi connectivity index (χ1v) is 3.98. The minimum absolute atomic E-state index is 0.102. The van der Waals surface area contributed by atoms with Crippen molar-refractivity contribution in [1.82, 2.24) is 10.2 Å². The van der Waals surface area contributed by atoms with Crippen molar-refractivity contribution in [3.8, 4) is 0 Å². The standard InChI is InChI=1S/C8H16N2O2/c1-7(2)10(3)6-8(12)9-4-5-11/h5,7H,4,6H2,1-3H3,(H,9,12). The molecule has 0 aromatic carbocycles. The number of hydrogen-bond acceptors (Lipinski definition) is 3. The number of carbonyl (C=O) groups is 2. The molecular weight excluding hydrogens is 156 g/mol. The molecule has 0 unspecified atom stereocenters. The lowest BCUT2D eigenvalue weighted by Gasteiger charge is -2.19. The monoisotopic (exact) mass is 172 g/mol. The van der Waals surface area contributed by atoms with Crippen molar-refractivity contribution in [3.05, 3.63) is 0 Å². The van der Waals surface area contributed by atoms with Gasteiger partial charge in [-0.05, 0) is 20.9 Å². The summed E-state index contributed by atoms with van der Waals surface area (Å²) in [5, 5.41) is 2.47. The first-order chi connectivity index (χ1) is 5.57. The largest absolute Gasteiger partial charge is 0.348 e. The Labute approximate surface area is 72.9 Å². The first kappa shape index (κ1) is 11.1. The predicted molar refractivity (Wildman–Crippen MR) is 46.8 cm³/mol. The van der Waals surface area contributed by atoms with Crippen LogP contribution in [0.1, 0.15) is 13.8 Å². The summed E-state index contributed by atoms with van der Waals surface area (Å²) in [5.41, 5.74) is 0. The summed E-state index contributed by atoms with van der Waals surface area (Å²) in [6.07, 6.45) is 0.674. The van der Waals surface area contributed by atoms with Gasteiger partial charge < -0.3 is 10.1 Å². The molecular formula is C8H16N2O2. The van der Waals surface area contributed by atoms with Gasteiger partial charge in [0.05, 0.1) is 13.1 Å². The molecule has 0 rings (SSSR count). The van der Waals surface area contributed by atoms with Gasteiger partial charge in [-0.15, -0.1) is 0 Å². The van der Waals surface area contributed by atoms with Crippen LogP contribution in [-0.2, 0) is 9.59 Å². The maximum absolute atomic E-state index is 11.0. The van der Waals surface area contributed by atoms with E-state index in [-0.39, 0.29) is 12.5 Å². The number of carbonyl (C=O) groups excluding carboxylic acids is 2. The number of rotatable bonds is 5. The molecule has 0 aromatic rings. The SMILES string of the molecule is CC(C)N(C)CC(=O)NCC=O. The molecule has 1 amide bonds. The van der Waals surface area contributed by atoms with Crippen LogP contribution >= 0.6 is 0 Å². The molecule has 0 spiro atoms. The molecule has 0 aliphatic carbocycles. The minimum atomic E-state index is -0.113. The second-order valence-corrected chi connectivity index (χ2v) is 2.98. The molecule has 70 valence electrons. The Morgan fingerprint density at radius 2 is 2.17 bits per heavy atom. The van der Waals surface area contributed by atoms with Crippen LogP contribution in [-0.4, -0.2) is 43.3 Å². The van der Waals surface area contributed by atoms with Gasteiger partial charge >= 0.3 is 0 Å². The zero-order valence-corrected chi connectivity index (χ0v) is 7.83. The predicted octanol–water partition coefficient (Wildman–Crippen LogP) is -0.358. The lowest BCUT2D eigenvalue weighted by molar-refractivity contribution is -0.123. The zero-order chi connectivity index (χ0) is 9.56. The Morgan fingerprint density at radius 3 is 2.58 bits per heavy atom. The summed E-state index contributed by atoms with van der Waals surface area (Å²) in [6, 6.07) is 0.340. The number of amides is 1. The molecule has 0 heterocycles. The van der Waals surface area contributed by atoms with Gasteiger partial charge in [0, 0.05) is 6.04 Å². The van der Waals surface area contributed by atoms with Gasteiger partial charge in [-0.1, -0.05) is 0 Å². The Balaban J connectivity index is 3.61. The average molecular weight is 172 g/mol. The summed E-state index contributed by atoms with van der Waals surface area (Å²) in [4.78, 5) is 22.8. The van der Waals surface area contributed by atoms with Gasteiger partial charge in [-0.2, -0.15) is 0 Å². The van der Waals surface area contributed by atoms with E-state index in [1.807, 2.05) is 25.8 Å². The van der Waals surface area contributed by atoms with Gasteiger partial charge in [0.15, 0.2) is 0 Å². The van der Waals surface area contributed by atoms with Crippen molar-refractivity contribution < 1.29 is 9.59 Å². The number of aldehydes is 1. The fraction of sp³-hybridized carbons (Fsp3) is 0.750. The van der Waals surface area contributed by atoms with E-state index in [1.54, 1.807) is 0 Å². The lowest BCUT2D eigenvalue weighted by Crippen LogP contribution is -2.38. The van der Waals surface area contributed by atoms with Gasteiger partial charge in [0.2, 0.25) is 5.91 Å². The third-order valence-corrected chi connectivity index (χ3v) is 1.66. The van der Waals surface area contributed by atoms with Crippen LogP contribution in [0.4, 0.5) is 0 Å². The third kappa shape index (κ3) is 4.85. The van der Waals surface area contributed by atoms with Crippen molar-refractivity contribution in [2.24, 2.45) is 0 Å². The Bertz CT molecular complexity index is 157. The van der Waals surface area contributed by atoms with Crippen LogP contribution in [0, 0.1) is 0 Å². The summed E-state index contributed by atoms with van der Waals surface area (Å²) in [5.74, 6) is -0.113. The Kier molecular flexibility index (Phi) is 5.28. The first-order valence-electron chi connectivity index (χ1n) is 3.98. The fourth-order valence-electron chi connectivity index (χ4n) is 0.620. The van der Waals surface area contributed by atoms with Crippen molar-refractivity contribution in [2.75, 3.05) is 20.1 Å².